The minimum Gasteiger partial charge on any atom is -1.00 e. The average Bonchev–Trinajstić information content (AvgIpc) is 2.89. The molecule has 0 saturated heterocycles. The van der Waals surface area contributed by atoms with Crippen LogP contribution in [0.5, 0.6) is 0 Å². The van der Waals surface area contributed by atoms with Gasteiger partial charge in [-0.05, 0) is 0 Å². The molecule has 1 radical (unpaired) electrons. The van der Waals surface area contributed by atoms with E-state index in [4.69, 9.17) is 0 Å². The summed E-state index contributed by atoms with van der Waals surface area (Å²) in [5.74, 6) is 0.708. The van der Waals surface area contributed by atoms with Crippen LogP contribution in [0, 0.1) is 12.0 Å². The predicted molar refractivity (Wildman–Crippen MR) is 88.4 cm³/mol. The zero-order valence-corrected chi connectivity index (χ0v) is 19.5. The Bertz CT molecular complexity index is 433. The molecule has 0 amide bonds. The second-order valence-corrected chi connectivity index (χ2v) is 5.95. The molecule has 0 fully saturated rings. The maximum absolute atomic E-state index is 3.52. The molecule has 0 aliphatic heterocycles. The molecule has 0 spiro atoms. The van der Waals surface area contributed by atoms with Gasteiger partial charge in [0.2, 0.25) is 0 Å². The molecule has 1 unspecified atom stereocenters. The monoisotopic (exact) mass is 423 g/mol. The fourth-order valence-corrected chi connectivity index (χ4v) is 2.30. The molecule has 0 saturated carbocycles. The molecule has 1 aromatic carbocycles. The summed E-state index contributed by atoms with van der Waals surface area (Å²) >= 11 is 0. The van der Waals surface area contributed by atoms with E-state index in [1.54, 1.807) is 0 Å². The van der Waals surface area contributed by atoms with Crippen LogP contribution in [0.15, 0.2) is 47.6 Å². The molecule has 127 valence electrons. The van der Waals surface area contributed by atoms with Gasteiger partial charge in [-0.2, -0.15) is 5.57 Å². The summed E-state index contributed by atoms with van der Waals surface area (Å²) in [7, 11) is 1.90. The van der Waals surface area contributed by atoms with Crippen LogP contribution >= 0.6 is 0 Å². The van der Waals surface area contributed by atoms with E-state index in [1.807, 2.05) is 28.4 Å². The second kappa shape index (κ2) is 18.8. The first-order valence-electron chi connectivity index (χ1n) is 7.36. The molecule has 1 aliphatic rings. The van der Waals surface area contributed by atoms with Crippen LogP contribution in [-0.2, 0) is 21.7 Å². The molecule has 0 aromatic heterocycles. The fraction of sp³-hybridized carbons (Fsp3) is 0.444. The van der Waals surface area contributed by atoms with E-state index < -0.39 is 0 Å². The third kappa shape index (κ3) is 13.5. The Balaban J connectivity index is -0.000000145. The quantitative estimate of drug-likeness (QED) is 0.335. The number of allylic oxidation sites excluding steroid dienone is 4. The Morgan fingerprint density at radius 2 is 1.65 bits per heavy atom. The topological polar surface area (TPSA) is 0 Å². The van der Waals surface area contributed by atoms with Crippen LogP contribution in [0.25, 0.3) is 0 Å². The van der Waals surface area contributed by atoms with E-state index >= 15 is 0 Å². The molecule has 0 N–H and O–H groups in total. The van der Waals surface area contributed by atoms with Crippen LogP contribution in [0.2, 0.25) is 0 Å². The van der Waals surface area contributed by atoms with E-state index in [0.717, 1.165) is 6.42 Å². The van der Waals surface area contributed by atoms with Gasteiger partial charge in [-0.3, -0.25) is 0 Å². The molecule has 1 aromatic rings. The fourth-order valence-electron chi connectivity index (χ4n) is 2.03. The van der Waals surface area contributed by atoms with Crippen LogP contribution in [-0.4, -0.2) is 10.2 Å². The molecule has 0 nitrogen and oxygen atoms in total. The Kier molecular flexibility index (Phi) is 25.6. The maximum atomic E-state index is 3.52. The molecule has 0 heterocycles. The van der Waals surface area contributed by atoms with Crippen molar-refractivity contribution in [3.05, 3.63) is 53.6 Å². The summed E-state index contributed by atoms with van der Waals surface area (Å²) in [4.78, 5) is 0. The van der Waals surface area contributed by atoms with Crippen LogP contribution in [0.1, 0.15) is 46.5 Å². The van der Waals surface area contributed by atoms with Crippen molar-refractivity contribution in [2.24, 2.45) is 5.92 Å². The first-order valence-corrected chi connectivity index (χ1v) is 8.06. The zero-order chi connectivity index (χ0) is 14.1. The van der Waals surface area contributed by atoms with Gasteiger partial charge in [0, 0.05) is 10.2 Å². The summed E-state index contributed by atoms with van der Waals surface area (Å²) < 4.78 is 0. The van der Waals surface area contributed by atoms with Crippen LogP contribution < -0.4 is 42.4 Å². The first-order chi connectivity index (χ1) is 9.17. The molecule has 23 heavy (non-hydrogen) atoms. The third-order valence-electron chi connectivity index (χ3n) is 3.43. The van der Waals surface area contributed by atoms with E-state index in [0.29, 0.717) is 5.92 Å². The van der Waals surface area contributed by atoms with Gasteiger partial charge < -0.3 is 37.2 Å². The van der Waals surface area contributed by atoms with E-state index in [2.05, 4.69) is 45.1 Å². The number of hydrogen-bond acceptors (Lipinski definition) is 0. The molecular weight excluding hydrogens is 399 g/mol. The van der Waals surface area contributed by atoms with Crippen molar-refractivity contribution in [3.63, 3.8) is 0 Å². The normalized spacial score (nSPS) is 12.5. The van der Waals surface area contributed by atoms with Crippen molar-refractivity contribution < 1.29 is 58.9 Å². The number of halogens is 3. The van der Waals surface area contributed by atoms with Crippen molar-refractivity contribution in [3.8, 4) is 0 Å². The van der Waals surface area contributed by atoms with Crippen molar-refractivity contribution in [1.82, 2.24) is 0 Å². The molecule has 1 aliphatic carbocycles. The molecule has 0 bridgehead atoms. The Hall–Kier alpha value is 0.501. The van der Waals surface area contributed by atoms with Gasteiger partial charge in [0.15, 0.2) is 0 Å². The van der Waals surface area contributed by atoms with Crippen molar-refractivity contribution in [2.75, 3.05) is 0 Å². The second-order valence-electron chi connectivity index (χ2n) is 5.14. The van der Waals surface area contributed by atoms with Crippen molar-refractivity contribution in [1.29, 1.82) is 0 Å². The van der Waals surface area contributed by atoms with Gasteiger partial charge in [0.25, 0.3) is 0 Å². The Labute approximate surface area is 179 Å². The third-order valence-corrected chi connectivity index (χ3v) is 3.90. The molecule has 1 atom stereocenters. The summed E-state index contributed by atoms with van der Waals surface area (Å²) in [5.41, 5.74) is 2.95. The van der Waals surface area contributed by atoms with Gasteiger partial charge in [-0.1, -0.05) is 87.9 Å². The minimum atomic E-state index is 0. The Morgan fingerprint density at radius 1 is 1.09 bits per heavy atom. The molecule has 2 rings (SSSR count). The number of benzene rings is 1. The van der Waals surface area contributed by atoms with Gasteiger partial charge >= 0.3 is 21.7 Å². The minimum absolute atomic E-state index is 0. The van der Waals surface area contributed by atoms with E-state index in [1.165, 1.54) is 35.6 Å². The van der Waals surface area contributed by atoms with Gasteiger partial charge in [0.1, 0.15) is 0 Å². The Morgan fingerprint density at radius 3 is 2.04 bits per heavy atom. The van der Waals surface area contributed by atoms with Crippen molar-refractivity contribution >= 4 is 15.4 Å². The summed E-state index contributed by atoms with van der Waals surface area (Å²) in [6.07, 6.45) is 10.7. The van der Waals surface area contributed by atoms with Crippen molar-refractivity contribution in [2.45, 2.75) is 46.5 Å². The largest absolute Gasteiger partial charge is 4.00 e. The maximum Gasteiger partial charge on any atom is 4.00 e. The molecular formula is C18H26Cl3SiTi. The summed E-state index contributed by atoms with van der Waals surface area (Å²) in [5, 5.41) is 1.35. The predicted octanol–water partition coefficient (Wildman–Crippen LogP) is -5.15. The first kappa shape index (κ1) is 31.3. The summed E-state index contributed by atoms with van der Waals surface area (Å²) in [6, 6.07) is 10.3. The van der Waals surface area contributed by atoms with Crippen LogP contribution in [0.3, 0.4) is 0 Å². The van der Waals surface area contributed by atoms with E-state index in [-0.39, 0.29) is 58.9 Å². The standard InChI is InChI=1S/C12H19.C6H7Si.3ClH.Ti/c1-4-6-11-7-8-12(9-11)10(3)5-2;7-6-4-2-1-3-5-6;;;;/h8,10H,4-7H2,1-3H3;1-5H,7H2;3*1H;/q-1;;;;;+4/p-3. The van der Waals surface area contributed by atoms with Gasteiger partial charge in [-0.15, -0.1) is 0 Å². The van der Waals surface area contributed by atoms with Gasteiger partial charge in [0.05, 0.1) is 0 Å². The summed E-state index contributed by atoms with van der Waals surface area (Å²) in [6.45, 7) is 6.76. The number of rotatable bonds is 4. The smallest absolute Gasteiger partial charge is 1.00 e. The number of hydrogen-bond donors (Lipinski definition) is 0. The zero-order valence-electron chi connectivity index (χ0n) is 14.2. The average molecular weight is 425 g/mol. The SMILES string of the molecule is CCCC1=[C-]C(C(C)CC)=CC1.[Cl-].[Cl-].[Cl-].[SiH2]c1ccccc1.[Ti+4]. The van der Waals surface area contributed by atoms with E-state index in [9.17, 15) is 0 Å². The molecule has 5 heteroatoms. The van der Waals surface area contributed by atoms with Crippen LogP contribution in [0.4, 0.5) is 0 Å². The van der Waals surface area contributed by atoms with Gasteiger partial charge in [-0.25, -0.2) is 17.7 Å².